The molecule has 19 heavy (non-hydrogen) atoms. The third-order valence-electron chi connectivity index (χ3n) is 2.64. The fourth-order valence-electron chi connectivity index (χ4n) is 1.21. The Morgan fingerprint density at radius 1 is 1.26 bits per heavy atom. The number of ether oxygens (including phenoxy) is 2. The number of pyridine rings is 1. The topological polar surface area (TPSA) is 31.4 Å². The second kappa shape index (κ2) is 7.99. The molecule has 0 aromatic carbocycles. The summed E-state index contributed by atoms with van der Waals surface area (Å²) in [7, 11) is 1.58. The summed E-state index contributed by atoms with van der Waals surface area (Å²) in [5, 5.41) is 0. The molecule has 1 heterocycles. The summed E-state index contributed by atoms with van der Waals surface area (Å²) in [6, 6.07) is 0.965. The molecule has 0 spiro atoms. The van der Waals surface area contributed by atoms with Crippen LogP contribution in [0.4, 0.5) is 12.9 Å². The molecule has 0 saturated heterocycles. The molecule has 0 aliphatic rings. The van der Waals surface area contributed by atoms with E-state index in [-0.39, 0.29) is 69.3 Å². The minimum atomic E-state index is -5.04. The molecule has 0 radical (unpaired) electrons. The van der Waals surface area contributed by atoms with Crippen LogP contribution in [0.3, 0.4) is 0 Å². The molecule has 3 nitrogen and oxygen atoms in total. The van der Waals surface area contributed by atoms with E-state index >= 15 is 0 Å². The summed E-state index contributed by atoms with van der Waals surface area (Å²) < 4.78 is 47.9. The van der Waals surface area contributed by atoms with Crippen molar-refractivity contribution >= 4 is 12.4 Å². The molecule has 0 atom stereocenters. The van der Waals surface area contributed by atoms with Gasteiger partial charge in [-0.3, -0.25) is 4.98 Å². The number of halogens is 3. The molecule has 1 aromatic heterocycles. The van der Waals surface area contributed by atoms with E-state index in [9.17, 15) is 12.9 Å². The molecule has 0 N–H and O–H groups in total. The van der Waals surface area contributed by atoms with Gasteiger partial charge >= 0.3 is 58.4 Å². The summed E-state index contributed by atoms with van der Waals surface area (Å²) in [5.74, 6) is 0.124. The van der Waals surface area contributed by atoms with Crippen molar-refractivity contribution in [1.82, 2.24) is 4.98 Å². The predicted molar refractivity (Wildman–Crippen MR) is 64.1 cm³/mol. The van der Waals surface area contributed by atoms with Crippen LogP contribution in [-0.2, 0) is 4.74 Å². The summed E-state index contributed by atoms with van der Waals surface area (Å²) in [6.45, 7) is -1.01. The summed E-state index contributed by atoms with van der Waals surface area (Å²) in [4.78, 5) is 3.53. The molecule has 0 aliphatic heterocycles. The van der Waals surface area contributed by atoms with E-state index in [1.807, 2.05) is 13.8 Å². The fraction of sp³-hybridized carbons (Fsp3) is 0.545. The smallest absolute Gasteiger partial charge is 0.492 e. The number of aromatic nitrogens is 1. The van der Waals surface area contributed by atoms with E-state index < -0.39 is 12.4 Å². The Kier molecular flexibility index (Phi) is 8.16. The van der Waals surface area contributed by atoms with E-state index in [0.29, 0.717) is 6.42 Å². The third kappa shape index (κ3) is 7.10. The van der Waals surface area contributed by atoms with Gasteiger partial charge in [0.15, 0.2) is 0 Å². The van der Waals surface area contributed by atoms with Gasteiger partial charge in [0.05, 0.1) is 18.4 Å². The predicted octanol–water partition coefficient (Wildman–Crippen LogP) is -0.666. The van der Waals surface area contributed by atoms with Gasteiger partial charge in [-0.25, -0.2) is 0 Å². The molecule has 8 heteroatoms. The van der Waals surface area contributed by atoms with Crippen LogP contribution in [0, 0.1) is 0 Å². The van der Waals surface area contributed by atoms with Crippen molar-refractivity contribution in [2.75, 3.05) is 13.7 Å². The maximum atomic E-state index is 12.5. The molecule has 102 valence electrons. The van der Waals surface area contributed by atoms with Crippen LogP contribution in [-0.4, -0.2) is 31.3 Å². The van der Waals surface area contributed by atoms with Crippen LogP contribution in [0.1, 0.15) is 20.3 Å². The van der Waals surface area contributed by atoms with Crippen molar-refractivity contribution in [3.8, 4) is 5.75 Å². The van der Waals surface area contributed by atoms with Gasteiger partial charge in [-0.2, -0.15) is 0 Å². The van der Waals surface area contributed by atoms with Crippen LogP contribution < -0.4 is 61.6 Å². The Bertz CT molecular complexity index is 402. The van der Waals surface area contributed by atoms with Crippen LogP contribution >= 0.6 is 0 Å². The fourth-order valence-corrected chi connectivity index (χ4v) is 1.21. The Balaban J connectivity index is 0.00000324. The molecular weight excluding hydrogens is 285 g/mol. The summed E-state index contributed by atoms with van der Waals surface area (Å²) in [6.07, 6.45) is 2.64. The van der Waals surface area contributed by atoms with Gasteiger partial charge in [-0.1, -0.05) is 5.46 Å². The maximum absolute atomic E-state index is 12.5. The first-order chi connectivity index (χ1) is 8.24. The Morgan fingerprint density at radius 2 is 1.89 bits per heavy atom. The normalized spacial score (nSPS) is 11.9. The zero-order chi connectivity index (χ0) is 13.8. The minimum absolute atomic E-state index is 0. The SMILES string of the molecule is COC(C)(C)CCOc1cncc([B-](F)(F)F)c1.[K+]. The van der Waals surface area contributed by atoms with E-state index in [1.165, 1.54) is 6.20 Å². The number of hydrogen-bond acceptors (Lipinski definition) is 3. The van der Waals surface area contributed by atoms with Crippen LogP contribution in [0.25, 0.3) is 0 Å². The quantitative estimate of drug-likeness (QED) is 0.654. The molecule has 0 fully saturated rings. The van der Waals surface area contributed by atoms with Crippen molar-refractivity contribution < 1.29 is 73.8 Å². The average molecular weight is 301 g/mol. The van der Waals surface area contributed by atoms with Crippen molar-refractivity contribution in [3.63, 3.8) is 0 Å². The number of methoxy groups -OCH3 is 1. The average Bonchev–Trinajstić information content (AvgIpc) is 2.28. The van der Waals surface area contributed by atoms with E-state index in [0.717, 1.165) is 12.3 Å². The first-order valence-electron chi connectivity index (χ1n) is 5.57. The zero-order valence-corrected chi connectivity index (χ0v) is 14.7. The number of rotatable bonds is 6. The third-order valence-corrected chi connectivity index (χ3v) is 2.64. The minimum Gasteiger partial charge on any atom is -0.492 e. The molecule has 0 unspecified atom stereocenters. The second-order valence-electron chi connectivity index (χ2n) is 4.59. The molecule has 0 aliphatic carbocycles. The van der Waals surface area contributed by atoms with E-state index in [2.05, 4.69) is 4.98 Å². The second-order valence-corrected chi connectivity index (χ2v) is 4.59. The summed E-state index contributed by atoms with van der Waals surface area (Å²) in [5.41, 5.74) is -1.11. The molecule has 1 aromatic rings. The molecule has 0 amide bonds. The standard InChI is InChI=1S/C11H16BF3NO2.K/c1-11(2,17-3)4-5-18-10-6-9(7-16-8-10)12(13,14)15;/h6-8H,4-5H2,1-3H3;/q-1;+1. The largest absolute Gasteiger partial charge is 1.00 e. The molecule has 0 bridgehead atoms. The Labute approximate surface area is 153 Å². The van der Waals surface area contributed by atoms with Gasteiger partial charge in [0, 0.05) is 19.7 Å². The molecular formula is C11H16BF3KNO2. The van der Waals surface area contributed by atoms with Gasteiger partial charge in [0.25, 0.3) is 0 Å². The molecule has 1 rings (SSSR count). The number of nitrogens with zero attached hydrogens (tertiary/aromatic N) is 1. The first-order valence-corrected chi connectivity index (χ1v) is 5.57. The van der Waals surface area contributed by atoms with E-state index in [4.69, 9.17) is 9.47 Å². The van der Waals surface area contributed by atoms with Crippen molar-refractivity contribution in [1.29, 1.82) is 0 Å². The van der Waals surface area contributed by atoms with Crippen molar-refractivity contribution in [3.05, 3.63) is 18.5 Å². The Hall–Kier alpha value is 0.401. The van der Waals surface area contributed by atoms with Gasteiger partial charge in [-0.05, 0) is 19.9 Å². The van der Waals surface area contributed by atoms with Crippen LogP contribution in [0.2, 0.25) is 0 Å². The van der Waals surface area contributed by atoms with Crippen LogP contribution in [0.5, 0.6) is 5.75 Å². The van der Waals surface area contributed by atoms with Crippen molar-refractivity contribution in [2.45, 2.75) is 25.9 Å². The van der Waals surface area contributed by atoms with Crippen LogP contribution in [0.15, 0.2) is 18.5 Å². The van der Waals surface area contributed by atoms with Gasteiger partial charge in [-0.15, -0.1) is 0 Å². The van der Waals surface area contributed by atoms with Gasteiger partial charge in [0.2, 0.25) is 0 Å². The zero-order valence-electron chi connectivity index (χ0n) is 11.6. The maximum Gasteiger partial charge on any atom is 1.00 e. The first kappa shape index (κ1) is 19.4. The van der Waals surface area contributed by atoms with Gasteiger partial charge in [0.1, 0.15) is 5.75 Å². The molecule has 0 saturated carbocycles. The Morgan fingerprint density at radius 3 is 2.42 bits per heavy atom. The van der Waals surface area contributed by atoms with Gasteiger partial charge < -0.3 is 22.4 Å². The number of hydrogen-bond donors (Lipinski definition) is 0. The van der Waals surface area contributed by atoms with Crippen molar-refractivity contribution in [2.24, 2.45) is 0 Å². The summed E-state index contributed by atoms with van der Waals surface area (Å²) >= 11 is 0. The van der Waals surface area contributed by atoms with E-state index in [1.54, 1.807) is 7.11 Å². The monoisotopic (exact) mass is 301 g/mol.